The lowest BCUT2D eigenvalue weighted by molar-refractivity contribution is 0.634. The van der Waals surface area contributed by atoms with Crippen LogP contribution in [0.3, 0.4) is 0 Å². The summed E-state index contributed by atoms with van der Waals surface area (Å²) >= 11 is 1.96. The lowest BCUT2D eigenvalue weighted by Crippen LogP contribution is -2.22. The molecule has 1 N–H and O–H groups in total. The van der Waals surface area contributed by atoms with Crippen molar-refractivity contribution in [3.8, 4) is 10.4 Å². The van der Waals surface area contributed by atoms with E-state index >= 15 is 0 Å². The van der Waals surface area contributed by atoms with Crippen molar-refractivity contribution in [2.45, 2.75) is 25.2 Å². The van der Waals surface area contributed by atoms with Gasteiger partial charge in [0, 0.05) is 21.7 Å². The summed E-state index contributed by atoms with van der Waals surface area (Å²) in [7, 11) is 2.05. The molecule has 1 aliphatic carbocycles. The number of hydrogen-bond donors (Lipinski definition) is 1. The molecule has 0 saturated heterocycles. The van der Waals surface area contributed by atoms with Gasteiger partial charge in [-0.3, -0.25) is 0 Å². The van der Waals surface area contributed by atoms with Crippen molar-refractivity contribution in [1.29, 1.82) is 0 Å². The van der Waals surface area contributed by atoms with Gasteiger partial charge < -0.3 is 5.32 Å². The lowest BCUT2D eigenvalue weighted by atomic mass is 10.1. The van der Waals surface area contributed by atoms with E-state index < -0.39 is 0 Å². The highest BCUT2D eigenvalue weighted by Crippen LogP contribution is 2.51. The number of aryl methyl sites for hydroxylation is 1. The molecule has 0 atom stereocenters. The van der Waals surface area contributed by atoms with Crippen molar-refractivity contribution < 1.29 is 0 Å². The molecule has 1 aliphatic rings. The lowest BCUT2D eigenvalue weighted by Gasteiger charge is -2.11. The van der Waals surface area contributed by atoms with Gasteiger partial charge in [0.25, 0.3) is 0 Å². The van der Waals surface area contributed by atoms with Crippen LogP contribution < -0.4 is 5.32 Å². The van der Waals surface area contributed by atoms with E-state index in [4.69, 9.17) is 0 Å². The molecule has 0 radical (unpaired) electrons. The Morgan fingerprint density at radius 2 is 1.83 bits per heavy atom. The Bertz CT molecular complexity index is 534. The quantitative estimate of drug-likeness (QED) is 0.873. The molecule has 1 aromatic heterocycles. The highest BCUT2D eigenvalue weighted by molar-refractivity contribution is 7.15. The van der Waals surface area contributed by atoms with Crippen LogP contribution in [-0.2, 0) is 5.41 Å². The highest BCUT2D eigenvalue weighted by Gasteiger charge is 2.44. The molecule has 0 amide bonds. The average Bonchev–Trinajstić information content (AvgIpc) is 2.99. The molecule has 0 unspecified atom stereocenters. The first-order chi connectivity index (χ1) is 8.73. The third-order valence-corrected chi connectivity index (χ3v) is 5.21. The minimum atomic E-state index is 0.447. The molecular formula is C16H19NS. The summed E-state index contributed by atoms with van der Waals surface area (Å²) in [5.74, 6) is 0. The monoisotopic (exact) mass is 257 g/mol. The van der Waals surface area contributed by atoms with Crippen LogP contribution in [0.4, 0.5) is 0 Å². The Morgan fingerprint density at radius 3 is 2.44 bits per heavy atom. The van der Waals surface area contributed by atoms with Gasteiger partial charge in [-0.1, -0.05) is 29.8 Å². The molecule has 1 aromatic carbocycles. The number of thiophene rings is 1. The zero-order valence-corrected chi connectivity index (χ0v) is 11.8. The van der Waals surface area contributed by atoms with Crippen molar-refractivity contribution in [2.24, 2.45) is 0 Å². The molecule has 3 rings (SSSR count). The molecule has 94 valence electrons. The first kappa shape index (κ1) is 11.9. The van der Waals surface area contributed by atoms with Crippen molar-refractivity contribution in [2.75, 3.05) is 13.6 Å². The first-order valence-electron chi connectivity index (χ1n) is 6.55. The normalized spacial score (nSPS) is 16.8. The SMILES string of the molecule is CNCC1(c2ccc(-c3ccc(C)cc3)s2)CC1. The maximum absolute atomic E-state index is 3.33. The minimum Gasteiger partial charge on any atom is -0.319 e. The predicted molar refractivity (Wildman–Crippen MR) is 79.3 cm³/mol. The number of benzene rings is 1. The van der Waals surface area contributed by atoms with E-state index in [2.05, 4.69) is 55.7 Å². The molecule has 1 fully saturated rings. The Balaban J connectivity index is 1.88. The summed E-state index contributed by atoms with van der Waals surface area (Å²) in [6.07, 6.45) is 2.67. The van der Waals surface area contributed by atoms with Gasteiger partial charge in [0.2, 0.25) is 0 Å². The molecule has 1 saturated carbocycles. The summed E-state index contributed by atoms with van der Waals surface area (Å²) in [5, 5.41) is 3.33. The smallest absolute Gasteiger partial charge is 0.0345 e. The first-order valence-corrected chi connectivity index (χ1v) is 7.37. The van der Waals surface area contributed by atoms with Gasteiger partial charge in [0.05, 0.1) is 0 Å². The Hall–Kier alpha value is -1.12. The topological polar surface area (TPSA) is 12.0 Å². The zero-order chi connectivity index (χ0) is 12.6. The second kappa shape index (κ2) is 4.52. The van der Waals surface area contributed by atoms with Crippen LogP contribution in [0, 0.1) is 6.92 Å². The predicted octanol–water partition coefficient (Wildman–Crippen LogP) is 3.97. The average molecular weight is 257 g/mol. The summed E-state index contributed by atoms with van der Waals surface area (Å²) in [6.45, 7) is 3.25. The number of likely N-dealkylation sites (N-methyl/N-ethyl adjacent to an activating group) is 1. The Morgan fingerprint density at radius 1 is 1.11 bits per heavy atom. The van der Waals surface area contributed by atoms with Crippen molar-refractivity contribution >= 4 is 11.3 Å². The molecule has 2 aromatic rings. The standard InChI is InChI=1S/C16H19NS/c1-12-3-5-13(6-4-12)14-7-8-15(18-14)16(9-10-16)11-17-2/h3-8,17H,9-11H2,1-2H3. The van der Waals surface area contributed by atoms with Gasteiger partial charge in [-0.25, -0.2) is 0 Å². The Kier molecular flexibility index (Phi) is 3.00. The van der Waals surface area contributed by atoms with Gasteiger partial charge >= 0.3 is 0 Å². The fraction of sp³-hybridized carbons (Fsp3) is 0.375. The van der Waals surface area contributed by atoms with E-state index in [-0.39, 0.29) is 0 Å². The minimum absolute atomic E-state index is 0.447. The second-order valence-electron chi connectivity index (χ2n) is 5.34. The maximum atomic E-state index is 3.33. The largest absolute Gasteiger partial charge is 0.319 e. The van der Waals surface area contributed by atoms with E-state index in [1.54, 1.807) is 4.88 Å². The molecule has 1 nitrogen and oxygen atoms in total. The van der Waals surface area contributed by atoms with Crippen LogP contribution in [0.15, 0.2) is 36.4 Å². The Labute approximate surface area is 113 Å². The summed E-state index contributed by atoms with van der Waals surface area (Å²) in [5.41, 5.74) is 3.11. The van der Waals surface area contributed by atoms with Crippen LogP contribution in [0.5, 0.6) is 0 Å². The second-order valence-corrected chi connectivity index (χ2v) is 6.42. The van der Waals surface area contributed by atoms with E-state index in [0.29, 0.717) is 5.41 Å². The molecule has 0 aliphatic heterocycles. The number of rotatable bonds is 4. The van der Waals surface area contributed by atoms with Crippen LogP contribution in [-0.4, -0.2) is 13.6 Å². The zero-order valence-electron chi connectivity index (χ0n) is 11.0. The van der Waals surface area contributed by atoms with E-state index in [1.807, 2.05) is 11.3 Å². The summed E-state index contributed by atoms with van der Waals surface area (Å²) in [4.78, 5) is 2.94. The maximum Gasteiger partial charge on any atom is 0.0345 e. The molecule has 1 heterocycles. The van der Waals surface area contributed by atoms with E-state index in [0.717, 1.165) is 6.54 Å². The van der Waals surface area contributed by atoms with Crippen LogP contribution in [0.25, 0.3) is 10.4 Å². The van der Waals surface area contributed by atoms with Gasteiger partial charge in [-0.15, -0.1) is 11.3 Å². The van der Waals surface area contributed by atoms with Gasteiger partial charge in [0.15, 0.2) is 0 Å². The third-order valence-electron chi connectivity index (χ3n) is 3.83. The van der Waals surface area contributed by atoms with Crippen molar-refractivity contribution in [3.05, 3.63) is 46.8 Å². The third kappa shape index (κ3) is 2.11. The van der Waals surface area contributed by atoms with Gasteiger partial charge in [0.1, 0.15) is 0 Å². The molecular weight excluding hydrogens is 238 g/mol. The van der Waals surface area contributed by atoms with Crippen molar-refractivity contribution in [3.63, 3.8) is 0 Å². The molecule has 0 spiro atoms. The molecule has 18 heavy (non-hydrogen) atoms. The number of hydrogen-bond acceptors (Lipinski definition) is 2. The van der Waals surface area contributed by atoms with Crippen LogP contribution in [0.2, 0.25) is 0 Å². The molecule has 2 heteroatoms. The highest BCUT2D eigenvalue weighted by atomic mass is 32.1. The van der Waals surface area contributed by atoms with E-state index in [1.165, 1.54) is 28.8 Å². The summed E-state index contributed by atoms with van der Waals surface area (Å²) < 4.78 is 0. The molecule has 0 bridgehead atoms. The number of nitrogens with one attached hydrogen (secondary N) is 1. The summed E-state index contributed by atoms with van der Waals surface area (Å²) in [6, 6.07) is 13.4. The fourth-order valence-electron chi connectivity index (χ4n) is 2.50. The van der Waals surface area contributed by atoms with E-state index in [9.17, 15) is 0 Å². The van der Waals surface area contributed by atoms with Crippen molar-refractivity contribution in [1.82, 2.24) is 5.32 Å². The van der Waals surface area contributed by atoms with Crippen LogP contribution >= 0.6 is 11.3 Å². The van der Waals surface area contributed by atoms with Crippen LogP contribution in [0.1, 0.15) is 23.3 Å². The van der Waals surface area contributed by atoms with Gasteiger partial charge in [-0.2, -0.15) is 0 Å². The fourth-order valence-corrected chi connectivity index (χ4v) is 3.75. The van der Waals surface area contributed by atoms with Gasteiger partial charge in [-0.05, 0) is 44.5 Å².